The van der Waals surface area contributed by atoms with Crippen LogP contribution in [-0.4, -0.2) is 49.4 Å². The molecule has 196 valence electrons. The first kappa shape index (κ1) is 25.9. The Kier molecular flexibility index (Phi) is 7.74. The predicted molar refractivity (Wildman–Crippen MR) is 137 cm³/mol. The molecule has 0 radical (unpaired) electrons. The maximum atomic E-state index is 12.7. The van der Waals surface area contributed by atoms with E-state index in [0.717, 1.165) is 26.4 Å². The van der Waals surface area contributed by atoms with Crippen molar-refractivity contribution in [3.8, 4) is 11.5 Å². The molecule has 0 bridgehead atoms. The highest BCUT2D eigenvalue weighted by Gasteiger charge is 2.43. The second-order valence-electron chi connectivity index (χ2n) is 8.35. The number of benzene rings is 1. The van der Waals surface area contributed by atoms with Gasteiger partial charge in [-0.25, -0.2) is 15.0 Å². The van der Waals surface area contributed by atoms with Gasteiger partial charge in [0, 0.05) is 53.9 Å². The van der Waals surface area contributed by atoms with Gasteiger partial charge in [-0.2, -0.15) is 17.5 Å². The van der Waals surface area contributed by atoms with Crippen LogP contribution in [0.5, 0.6) is 11.5 Å². The van der Waals surface area contributed by atoms with Gasteiger partial charge >= 0.3 is 12.1 Å². The predicted octanol–water partition coefficient (Wildman–Crippen LogP) is 6.28. The van der Waals surface area contributed by atoms with Gasteiger partial charge in [0.05, 0.1) is 0 Å². The Hall–Kier alpha value is -3.71. The van der Waals surface area contributed by atoms with Crippen LogP contribution in [0.4, 0.5) is 24.1 Å². The van der Waals surface area contributed by atoms with E-state index in [1.807, 2.05) is 54.6 Å². The third-order valence-corrected chi connectivity index (χ3v) is 7.27. The minimum atomic E-state index is -4.86. The molecule has 4 heterocycles. The number of nitrogens with zero attached hydrogens (tertiary/aromatic N) is 5. The van der Waals surface area contributed by atoms with Crippen molar-refractivity contribution in [2.45, 2.75) is 34.9 Å². The van der Waals surface area contributed by atoms with Crippen LogP contribution in [0.3, 0.4) is 0 Å². The van der Waals surface area contributed by atoms with Crippen LogP contribution in [-0.2, 0) is 4.79 Å². The molecule has 1 amide bonds. The Morgan fingerprint density at radius 1 is 1.08 bits per heavy atom. The van der Waals surface area contributed by atoms with E-state index in [2.05, 4.69) is 24.6 Å². The molecular weight excluding hydrogens is 537 g/mol. The summed E-state index contributed by atoms with van der Waals surface area (Å²) in [4.78, 5) is 26.6. The Balaban J connectivity index is 1.30. The number of hydrogen-bond acceptors (Lipinski definition) is 9. The molecule has 0 aliphatic carbocycles. The molecule has 13 heteroatoms. The minimum absolute atomic E-state index is 0.0109. The summed E-state index contributed by atoms with van der Waals surface area (Å²) >= 11 is 2.58. The number of rotatable bonds is 7. The molecule has 1 N–H and O–H groups in total. The Morgan fingerprint density at radius 3 is 2.55 bits per heavy atom. The summed E-state index contributed by atoms with van der Waals surface area (Å²) in [6.45, 7) is 0.0218. The monoisotopic (exact) mass is 558 g/mol. The van der Waals surface area contributed by atoms with Crippen LogP contribution in [0.25, 0.3) is 0 Å². The summed E-state index contributed by atoms with van der Waals surface area (Å²) < 4.78 is 48.7. The van der Waals surface area contributed by atoms with Crippen LogP contribution >= 0.6 is 23.3 Å². The number of pyridine rings is 2. The molecule has 4 aromatic rings. The first-order valence-electron chi connectivity index (χ1n) is 11.6. The van der Waals surface area contributed by atoms with E-state index in [1.54, 1.807) is 12.4 Å². The third kappa shape index (κ3) is 6.40. The molecule has 5 rings (SSSR count). The van der Waals surface area contributed by atoms with Crippen molar-refractivity contribution in [3.63, 3.8) is 0 Å². The van der Waals surface area contributed by atoms with Crippen molar-refractivity contribution < 1.29 is 22.7 Å². The van der Waals surface area contributed by atoms with Gasteiger partial charge in [-0.15, -0.1) is 0 Å². The van der Waals surface area contributed by atoms with Gasteiger partial charge in [-0.1, -0.05) is 36.0 Å². The molecule has 1 fully saturated rings. The van der Waals surface area contributed by atoms with Crippen LogP contribution in [0.15, 0.2) is 76.9 Å². The molecule has 3 aromatic heterocycles. The molecule has 0 atom stereocenters. The summed E-state index contributed by atoms with van der Waals surface area (Å²) in [6.07, 6.45) is -0.718. The van der Waals surface area contributed by atoms with Crippen LogP contribution in [0.2, 0.25) is 0 Å². The number of carbonyl (C=O) groups is 1. The molecule has 8 nitrogen and oxygen atoms in total. The van der Waals surface area contributed by atoms with Crippen LogP contribution < -0.4 is 10.1 Å². The van der Waals surface area contributed by atoms with Crippen molar-refractivity contribution in [2.75, 3.05) is 18.4 Å². The summed E-state index contributed by atoms with van der Waals surface area (Å²) in [5, 5.41) is 4.45. The van der Waals surface area contributed by atoms with Gasteiger partial charge in [0.15, 0.2) is 11.6 Å². The lowest BCUT2D eigenvalue weighted by molar-refractivity contribution is -0.186. The number of alkyl halides is 3. The third-order valence-electron chi connectivity index (χ3n) is 5.72. The van der Waals surface area contributed by atoms with Crippen molar-refractivity contribution in [2.24, 2.45) is 0 Å². The number of likely N-dealkylation sites (tertiary alicyclic amines) is 1. The zero-order chi connectivity index (χ0) is 26.5. The maximum absolute atomic E-state index is 12.7. The molecular formula is C25H21F3N6O2S2. The number of ether oxygens (including phenoxy) is 1. The Morgan fingerprint density at radius 2 is 1.84 bits per heavy atom. The number of hydrogen-bond donors (Lipinski definition) is 1. The highest BCUT2D eigenvalue weighted by molar-refractivity contribution is 7.99. The highest BCUT2D eigenvalue weighted by atomic mass is 32.2. The second-order valence-corrected chi connectivity index (χ2v) is 10.2. The standard InChI is InChI=1S/C25H21F3N6O2S2/c26-25(27,28)23(35)34-12-9-16(10-13-34)21-31-24(38-33-21)32-22-19(36-17-6-2-1-3-7-17)14-18(15-30-22)37-20-8-4-5-11-29-20/h1-8,11,14-16H,9-10,12-13H2,(H,30,31,32,33). The van der Waals surface area contributed by atoms with Gasteiger partial charge in [0.25, 0.3) is 0 Å². The average Bonchev–Trinajstić information content (AvgIpc) is 3.39. The zero-order valence-electron chi connectivity index (χ0n) is 19.8. The number of para-hydroxylation sites is 1. The average molecular weight is 559 g/mol. The van der Waals surface area contributed by atoms with Crippen LogP contribution in [0.1, 0.15) is 24.6 Å². The molecule has 1 aromatic carbocycles. The van der Waals surface area contributed by atoms with Crippen molar-refractivity contribution >= 4 is 40.2 Å². The lowest BCUT2D eigenvalue weighted by Crippen LogP contribution is -2.45. The number of nitrogens with one attached hydrogen (secondary N) is 1. The van der Waals surface area contributed by atoms with E-state index in [-0.39, 0.29) is 19.0 Å². The molecule has 1 aliphatic rings. The normalized spacial score (nSPS) is 14.3. The van der Waals surface area contributed by atoms with Gasteiger partial charge in [0.2, 0.25) is 5.13 Å². The number of piperidine rings is 1. The lowest BCUT2D eigenvalue weighted by Gasteiger charge is -2.31. The first-order valence-corrected chi connectivity index (χ1v) is 13.2. The number of halogens is 3. The lowest BCUT2D eigenvalue weighted by atomic mass is 9.96. The van der Waals surface area contributed by atoms with Crippen LogP contribution in [0, 0.1) is 0 Å². The zero-order valence-corrected chi connectivity index (χ0v) is 21.4. The molecule has 0 unspecified atom stereocenters. The highest BCUT2D eigenvalue weighted by Crippen LogP contribution is 2.37. The number of anilines is 2. The summed E-state index contributed by atoms with van der Waals surface area (Å²) in [5.41, 5.74) is 0. The topological polar surface area (TPSA) is 93.1 Å². The van der Waals surface area contributed by atoms with Crippen molar-refractivity contribution in [1.29, 1.82) is 0 Å². The molecule has 38 heavy (non-hydrogen) atoms. The van der Waals surface area contributed by atoms with Gasteiger partial charge in [-0.05, 0) is 37.1 Å². The summed E-state index contributed by atoms with van der Waals surface area (Å²) in [7, 11) is 0. The molecule has 1 saturated heterocycles. The smallest absolute Gasteiger partial charge is 0.453 e. The maximum Gasteiger partial charge on any atom is 0.471 e. The van der Waals surface area contributed by atoms with E-state index >= 15 is 0 Å². The Labute approximate surface area is 224 Å². The van der Waals surface area contributed by atoms with E-state index in [4.69, 9.17) is 4.74 Å². The SMILES string of the molecule is O=C(N1CCC(c2nsc(Nc3ncc(Sc4ccccn4)cc3Oc3ccccc3)n2)CC1)C(F)(F)F. The van der Waals surface area contributed by atoms with Crippen molar-refractivity contribution in [3.05, 3.63) is 72.8 Å². The number of amides is 1. The van der Waals surface area contributed by atoms with E-state index in [1.165, 1.54) is 11.8 Å². The second kappa shape index (κ2) is 11.4. The van der Waals surface area contributed by atoms with E-state index < -0.39 is 12.1 Å². The molecule has 1 aliphatic heterocycles. The number of carbonyl (C=O) groups excluding carboxylic acids is 1. The number of aromatic nitrogens is 4. The summed E-state index contributed by atoms with van der Waals surface area (Å²) in [6, 6.07) is 16.8. The molecule has 0 saturated carbocycles. The quantitative estimate of drug-likeness (QED) is 0.283. The Bertz CT molecular complexity index is 1380. The van der Waals surface area contributed by atoms with E-state index in [9.17, 15) is 18.0 Å². The molecule has 0 spiro atoms. The fourth-order valence-corrected chi connectivity index (χ4v) is 5.29. The van der Waals surface area contributed by atoms with Crippen molar-refractivity contribution in [1.82, 2.24) is 24.2 Å². The summed E-state index contributed by atoms with van der Waals surface area (Å²) in [5.74, 6) is 0.149. The van der Waals surface area contributed by atoms with Gasteiger partial charge < -0.3 is 15.0 Å². The first-order chi connectivity index (χ1) is 18.3. The fourth-order valence-electron chi connectivity index (χ4n) is 3.87. The minimum Gasteiger partial charge on any atom is -0.453 e. The van der Waals surface area contributed by atoms with Gasteiger partial charge in [-0.3, -0.25) is 4.79 Å². The van der Waals surface area contributed by atoms with Gasteiger partial charge in [0.1, 0.15) is 16.6 Å². The van der Waals surface area contributed by atoms with E-state index in [0.29, 0.717) is 41.1 Å². The largest absolute Gasteiger partial charge is 0.471 e. The fraction of sp³-hybridized carbons (Fsp3) is 0.240.